The van der Waals surface area contributed by atoms with Crippen molar-refractivity contribution in [1.29, 1.82) is 0 Å². The number of allylic oxidation sites excluding steroid dienone is 1. The van der Waals surface area contributed by atoms with Crippen molar-refractivity contribution >= 4 is 61.1 Å². The van der Waals surface area contributed by atoms with Crippen molar-refractivity contribution < 1.29 is 32.4 Å². The van der Waals surface area contributed by atoms with Crippen molar-refractivity contribution in [2.24, 2.45) is 5.92 Å². The van der Waals surface area contributed by atoms with Gasteiger partial charge in [-0.2, -0.15) is 0 Å². The Bertz CT molecular complexity index is 1780. The number of carbonyl (C=O) groups is 5. The maximum absolute atomic E-state index is 14.3. The van der Waals surface area contributed by atoms with E-state index in [1.54, 1.807) is 6.07 Å². The summed E-state index contributed by atoms with van der Waals surface area (Å²) in [5.41, 5.74) is -2.05. The van der Waals surface area contributed by atoms with Crippen LogP contribution in [0.4, 0.5) is 4.79 Å². The quantitative estimate of drug-likeness (QED) is 0.284. The fourth-order valence-electron chi connectivity index (χ4n) is 6.79. The molecule has 2 aromatic rings. The zero-order valence-electron chi connectivity index (χ0n) is 28.6. The Balaban J connectivity index is 1.27. The predicted octanol–water partition coefficient (Wildman–Crippen LogP) is 3.07. The van der Waals surface area contributed by atoms with Crippen LogP contribution in [0.25, 0.3) is 10.1 Å². The van der Waals surface area contributed by atoms with Gasteiger partial charge >= 0.3 is 6.03 Å². The molecule has 50 heavy (non-hydrogen) atoms. The minimum Gasteiger partial charge on any atom is -0.347 e. The lowest BCUT2D eigenvalue weighted by Gasteiger charge is -2.31. The molecule has 4 aliphatic rings. The summed E-state index contributed by atoms with van der Waals surface area (Å²) in [5.74, 6) is -2.64. The number of nitrogens with one attached hydrogen (secondary N) is 5. The van der Waals surface area contributed by atoms with Gasteiger partial charge in [-0.25, -0.2) is 13.2 Å². The standard InChI is InChI=1S/C35H46N6O7S2/c1-34(2,3)39-33(46)37-25-13-8-6-4-5-7-12-22-19-35(22,32(45)40-50(47,48)24-15-16-24)38-29(42)26-18-23(20-41(26)31(25)44)36-30(43)28-17-21-11-9-10-14-27(21)49-28/h7,9-12,14,17,22-26H,4-6,8,13,15-16,18-20H2,1-3H3,(H,36,43)(H,38,42)(H,40,45)(H2,37,39,46)/t22-,23-,25+,26+,35-/m1/s1. The van der Waals surface area contributed by atoms with Gasteiger partial charge in [-0.15, -0.1) is 11.3 Å². The van der Waals surface area contributed by atoms with E-state index in [4.69, 9.17) is 0 Å². The van der Waals surface area contributed by atoms with Gasteiger partial charge in [0.1, 0.15) is 17.6 Å². The number of nitrogens with zero attached hydrogens (tertiary/aromatic N) is 1. The highest BCUT2D eigenvalue weighted by Gasteiger charge is 2.62. The van der Waals surface area contributed by atoms with Crippen molar-refractivity contribution in [3.63, 3.8) is 0 Å². The Labute approximate surface area is 296 Å². The van der Waals surface area contributed by atoms with Crippen LogP contribution in [0.2, 0.25) is 0 Å². The molecule has 1 aromatic heterocycles. The predicted molar refractivity (Wildman–Crippen MR) is 190 cm³/mol. The van der Waals surface area contributed by atoms with E-state index in [0.717, 1.165) is 22.9 Å². The molecule has 6 amide bonds. The van der Waals surface area contributed by atoms with Crippen LogP contribution < -0.4 is 26.0 Å². The van der Waals surface area contributed by atoms with Gasteiger partial charge in [-0.3, -0.25) is 23.9 Å². The molecule has 0 unspecified atom stereocenters. The van der Waals surface area contributed by atoms with Gasteiger partial charge in [-0.05, 0) is 83.2 Å². The molecule has 2 saturated carbocycles. The molecule has 1 saturated heterocycles. The molecule has 6 rings (SSSR count). The number of fused-ring (bicyclic) bond motifs is 3. The van der Waals surface area contributed by atoms with Gasteiger partial charge in [0.2, 0.25) is 21.8 Å². The Hall–Kier alpha value is -3.98. The third-order valence-electron chi connectivity index (χ3n) is 9.66. The highest BCUT2D eigenvalue weighted by Crippen LogP contribution is 2.46. The van der Waals surface area contributed by atoms with Gasteiger partial charge in [0.15, 0.2) is 0 Å². The fraction of sp³-hybridized carbons (Fsp3) is 0.571. The molecule has 3 heterocycles. The first-order valence-corrected chi connectivity index (χ1v) is 19.7. The molecule has 5 atom stereocenters. The van der Waals surface area contributed by atoms with Crippen LogP contribution in [0.15, 0.2) is 42.5 Å². The maximum atomic E-state index is 14.3. The van der Waals surface area contributed by atoms with E-state index in [9.17, 15) is 32.4 Å². The second-order valence-corrected chi connectivity index (χ2v) is 18.0. The van der Waals surface area contributed by atoms with Gasteiger partial charge in [0.05, 0.1) is 10.1 Å². The van der Waals surface area contributed by atoms with Crippen LogP contribution >= 0.6 is 11.3 Å². The first-order chi connectivity index (χ1) is 23.6. The first kappa shape index (κ1) is 35.8. The number of hydrogen-bond acceptors (Lipinski definition) is 8. The number of rotatable bonds is 6. The molecular formula is C35H46N6O7S2. The lowest BCUT2D eigenvalue weighted by molar-refractivity contribution is -0.141. The van der Waals surface area contributed by atoms with Gasteiger partial charge in [0, 0.05) is 28.7 Å². The van der Waals surface area contributed by atoms with Gasteiger partial charge in [0.25, 0.3) is 11.8 Å². The topological polar surface area (TPSA) is 183 Å². The largest absolute Gasteiger partial charge is 0.347 e. The van der Waals surface area contributed by atoms with Crippen LogP contribution in [0.5, 0.6) is 0 Å². The number of carbonyl (C=O) groups excluding carboxylic acids is 5. The number of hydrogen-bond donors (Lipinski definition) is 5. The summed E-state index contributed by atoms with van der Waals surface area (Å²) >= 11 is 1.34. The molecular weight excluding hydrogens is 681 g/mol. The molecule has 13 nitrogen and oxygen atoms in total. The Kier molecular flexibility index (Phi) is 10.0. The number of sulfonamides is 1. The summed E-state index contributed by atoms with van der Waals surface area (Å²) in [5, 5.41) is 11.8. The number of amides is 6. The second kappa shape index (κ2) is 14.0. The van der Waals surface area contributed by atoms with Crippen LogP contribution in [0.3, 0.4) is 0 Å². The Morgan fingerprint density at radius 2 is 1.78 bits per heavy atom. The molecule has 1 aromatic carbocycles. The van der Waals surface area contributed by atoms with Gasteiger partial charge < -0.3 is 26.2 Å². The molecule has 0 radical (unpaired) electrons. The number of benzene rings is 1. The van der Waals surface area contributed by atoms with Crippen LogP contribution in [-0.4, -0.2) is 84.0 Å². The number of urea groups is 1. The van der Waals surface area contributed by atoms with Crippen LogP contribution in [-0.2, 0) is 24.4 Å². The maximum Gasteiger partial charge on any atom is 0.315 e. The van der Waals surface area contributed by atoms with E-state index in [0.29, 0.717) is 37.0 Å². The SMILES string of the molecule is CC(C)(C)NC(=O)N[C@H]1CCCCCC=C[C@@H]2C[C@@]2(C(=O)NS(=O)(=O)C2CC2)NC(=O)[C@@H]2C[C@@H](NC(=O)c3cc4ccccc4s3)CN2C1=O. The fourth-order valence-corrected chi connectivity index (χ4v) is 9.12. The van der Waals surface area contributed by atoms with Crippen molar-refractivity contribution in [3.8, 4) is 0 Å². The first-order valence-electron chi connectivity index (χ1n) is 17.4. The highest BCUT2D eigenvalue weighted by atomic mass is 32.2. The minimum atomic E-state index is -3.88. The van der Waals surface area contributed by atoms with Crippen molar-refractivity contribution in [2.45, 2.75) is 113 Å². The summed E-state index contributed by atoms with van der Waals surface area (Å²) in [7, 11) is -3.88. The van der Waals surface area contributed by atoms with E-state index in [-0.39, 0.29) is 25.3 Å². The minimum absolute atomic E-state index is 0.00517. The van der Waals surface area contributed by atoms with Crippen molar-refractivity contribution in [3.05, 3.63) is 47.4 Å². The summed E-state index contributed by atoms with van der Waals surface area (Å²) in [4.78, 5) is 70.4. The monoisotopic (exact) mass is 726 g/mol. The van der Waals surface area contributed by atoms with Crippen LogP contribution in [0.1, 0.15) is 88.2 Å². The molecule has 3 fully saturated rings. The molecule has 0 bridgehead atoms. The van der Waals surface area contributed by atoms with E-state index in [1.165, 1.54) is 16.2 Å². The Morgan fingerprint density at radius 1 is 1.02 bits per heavy atom. The third-order valence-corrected chi connectivity index (χ3v) is 12.6. The summed E-state index contributed by atoms with van der Waals surface area (Å²) in [6.45, 7) is 5.49. The lowest BCUT2D eigenvalue weighted by atomic mass is 10.0. The van der Waals surface area contributed by atoms with E-state index in [1.807, 2.05) is 57.2 Å². The molecule has 2 aliphatic carbocycles. The third kappa shape index (κ3) is 8.14. The van der Waals surface area contributed by atoms with Gasteiger partial charge in [-0.1, -0.05) is 43.2 Å². The molecule has 5 N–H and O–H groups in total. The lowest BCUT2D eigenvalue weighted by Crippen LogP contribution is -2.59. The normalized spacial score (nSPS) is 27.6. The van der Waals surface area contributed by atoms with E-state index < -0.39 is 74.1 Å². The summed E-state index contributed by atoms with van der Waals surface area (Å²) < 4.78 is 28.7. The molecule has 270 valence electrons. The highest BCUT2D eigenvalue weighted by molar-refractivity contribution is 7.91. The number of thiophene rings is 1. The van der Waals surface area contributed by atoms with Crippen molar-refractivity contribution in [2.75, 3.05) is 6.54 Å². The smallest absolute Gasteiger partial charge is 0.315 e. The van der Waals surface area contributed by atoms with Crippen LogP contribution in [0, 0.1) is 5.92 Å². The van der Waals surface area contributed by atoms with Crippen molar-refractivity contribution in [1.82, 2.24) is 30.9 Å². The zero-order valence-corrected chi connectivity index (χ0v) is 30.3. The van der Waals surface area contributed by atoms with E-state index >= 15 is 0 Å². The second-order valence-electron chi connectivity index (χ2n) is 15.0. The molecule has 0 spiro atoms. The average Bonchev–Trinajstić information content (AvgIpc) is 3.92. The molecule has 2 aliphatic heterocycles. The molecule has 15 heteroatoms. The summed E-state index contributed by atoms with van der Waals surface area (Å²) in [6.07, 6.45) is 8.30. The Morgan fingerprint density at radius 3 is 2.50 bits per heavy atom. The average molecular weight is 727 g/mol. The summed E-state index contributed by atoms with van der Waals surface area (Å²) in [6, 6.07) is 6.28. The van der Waals surface area contributed by atoms with E-state index in [2.05, 4.69) is 26.0 Å². The zero-order chi connectivity index (χ0) is 35.8.